The summed E-state index contributed by atoms with van der Waals surface area (Å²) in [6.45, 7) is 13.2. The molecule has 3 nitrogen and oxygen atoms in total. The average Bonchev–Trinajstić information content (AvgIpc) is 2.76. The van der Waals surface area contributed by atoms with Crippen LogP contribution in [0.5, 0.6) is 0 Å². The fourth-order valence-corrected chi connectivity index (χ4v) is 2.52. The molecule has 0 aromatic carbocycles. The van der Waals surface area contributed by atoms with Crippen LogP contribution >= 0.6 is 11.3 Å². The van der Waals surface area contributed by atoms with Gasteiger partial charge >= 0.3 is 0 Å². The highest BCUT2D eigenvalue weighted by Gasteiger charge is 2.23. The standard InChI is InChI=1S/C14H27N3S/c1-7-14(4,5)17(6)13-16-10-12(18-13)9-15-8-11(2)3/h10-11,15H,7-9H2,1-6H3. The van der Waals surface area contributed by atoms with Crippen molar-refractivity contribution in [1.82, 2.24) is 10.3 Å². The second-order valence-corrected chi connectivity index (χ2v) is 6.95. The monoisotopic (exact) mass is 269 g/mol. The summed E-state index contributed by atoms with van der Waals surface area (Å²) < 4.78 is 0. The lowest BCUT2D eigenvalue weighted by Crippen LogP contribution is -2.40. The summed E-state index contributed by atoms with van der Waals surface area (Å²) in [5, 5.41) is 4.57. The van der Waals surface area contributed by atoms with E-state index in [9.17, 15) is 0 Å². The molecule has 0 aliphatic rings. The second kappa shape index (κ2) is 6.53. The summed E-state index contributed by atoms with van der Waals surface area (Å²) in [6.07, 6.45) is 3.11. The first kappa shape index (κ1) is 15.4. The zero-order valence-electron chi connectivity index (χ0n) is 12.6. The van der Waals surface area contributed by atoms with E-state index in [-0.39, 0.29) is 5.54 Å². The van der Waals surface area contributed by atoms with E-state index in [4.69, 9.17) is 0 Å². The molecular formula is C14H27N3S. The summed E-state index contributed by atoms with van der Waals surface area (Å²) in [7, 11) is 2.13. The SMILES string of the molecule is CCC(C)(C)N(C)c1ncc(CNCC(C)C)s1. The maximum absolute atomic E-state index is 4.53. The van der Waals surface area contributed by atoms with E-state index in [2.05, 4.69) is 56.9 Å². The van der Waals surface area contributed by atoms with Crippen LogP contribution in [0.15, 0.2) is 6.20 Å². The predicted molar refractivity (Wildman–Crippen MR) is 81.4 cm³/mol. The Balaban J connectivity index is 2.57. The molecule has 0 unspecified atom stereocenters. The first-order chi connectivity index (χ1) is 8.36. The van der Waals surface area contributed by atoms with Gasteiger partial charge in [-0.1, -0.05) is 20.8 Å². The lowest BCUT2D eigenvalue weighted by atomic mass is 10.0. The van der Waals surface area contributed by atoms with Gasteiger partial charge in [0.05, 0.1) is 0 Å². The van der Waals surface area contributed by atoms with Gasteiger partial charge in [-0.25, -0.2) is 4.98 Å². The molecule has 104 valence electrons. The molecule has 0 saturated carbocycles. The van der Waals surface area contributed by atoms with E-state index in [1.54, 1.807) is 11.3 Å². The number of hydrogen-bond donors (Lipinski definition) is 1. The van der Waals surface area contributed by atoms with Gasteiger partial charge in [-0.15, -0.1) is 11.3 Å². The molecule has 0 amide bonds. The summed E-state index contributed by atoms with van der Waals surface area (Å²) in [5.74, 6) is 0.694. The van der Waals surface area contributed by atoms with Crippen molar-refractivity contribution in [3.05, 3.63) is 11.1 Å². The molecule has 1 aromatic rings. The van der Waals surface area contributed by atoms with Crippen LogP contribution in [-0.4, -0.2) is 24.1 Å². The fraction of sp³-hybridized carbons (Fsp3) is 0.786. The molecule has 0 aliphatic carbocycles. The van der Waals surface area contributed by atoms with Gasteiger partial charge in [0.25, 0.3) is 0 Å². The minimum atomic E-state index is 0.167. The minimum absolute atomic E-state index is 0.167. The smallest absolute Gasteiger partial charge is 0.185 e. The minimum Gasteiger partial charge on any atom is -0.346 e. The van der Waals surface area contributed by atoms with Gasteiger partial charge in [0.1, 0.15) is 0 Å². The van der Waals surface area contributed by atoms with E-state index < -0.39 is 0 Å². The van der Waals surface area contributed by atoms with Crippen molar-refractivity contribution < 1.29 is 0 Å². The number of nitrogens with one attached hydrogen (secondary N) is 1. The van der Waals surface area contributed by atoms with Crippen LogP contribution < -0.4 is 10.2 Å². The first-order valence-corrected chi connectivity index (χ1v) is 7.57. The van der Waals surface area contributed by atoms with Gasteiger partial charge in [-0.05, 0) is 32.7 Å². The van der Waals surface area contributed by atoms with Crippen LogP contribution in [0.4, 0.5) is 5.13 Å². The number of rotatable bonds is 7. The topological polar surface area (TPSA) is 28.2 Å². The Labute approximate surface area is 116 Å². The van der Waals surface area contributed by atoms with Gasteiger partial charge < -0.3 is 10.2 Å². The number of anilines is 1. The highest BCUT2D eigenvalue weighted by molar-refractivity contribution is 7.15. The highest BCUT2D eigenvalue weighted by Crippen LogP contribution is 2.28. The maximum Gasteiger partial charge on any atom is 0.185 e. The van der Waals surface area contributed by atoms with Crippen LogP contribution in [0.2, 0.25) is 0 Å². The van der Waals surface area contributed by atoms with Gasteiger partial charge in [0, 0.05) is 30.2 Å². The normalized spacial score (nSPS) is 12.2. The van der Waals surface area contributed by atoms with Gasteiger partial charge in [0.2, 0.25) is 0 Å². The Morgan fingerprint density at radius 3 is 2.67 bits per heavy atom. The van der Waals surface area contributed by atoms with Gasteiger partial charge in [0.15, 0.2) is 5.13 Å². The molecule has 1 N–H and O–H groups in total. The summed E-state index contributed by atoms with van der Waals surface area (Å²) >= 11 is 1.79. The van der Waals surface area contributed by atoms with Gasteiger partial charge in [-0.3, -0.25) is 0 Å². The molecule has 0 spiro atoms. The first-order valence-electron chi connectivity index (χ1n) is 6.76. The Hall–Kier alpha value is -0.610. The molecule has 18 heavy (non-hydrogen) atoms. The number of hydrogen-bond acceptors (Lipinski definition) is 4. The van der Waals surface area contributed by atoms with Crippen LogP contribution in [0, 0.1) is 5.92 Å². The third-order valence-electron chi connectivity index (χ3n) is 3.45. The molecule has 1 rings (SSSR count). The number of aromatic nitrogens is 1. The maximum atomic E-state index is 4.53. The largest absolute Gasteiger partial charge is 0.346 e. The van der Waals surface area contributed by atoms with E-state index in [0.717, 1.165) is 24.6 Å². The second-order valence-electron chi connectivity index (χ2n) is 5.86. The molecule has 0 aliphatic heterocycles. The summed E-state index contributed by atoms with van der Waals surface area (Å²) in [5.41, 5.74) is 0.167. The molecule has 1 aromatic heterocycles. The highest BCUT2D eigenvalue weighted by atomic mass is 32.1. The van der Waals surface area contributed by atoms with Crippen molar-refractivity contribution in [2.75, 3.05) is 18.5 Å². The van der Waals surface area contributed by atoms with Crippen LogP contribution in [0.25, 0.3) is 0 Å². The molecule has 0 fully saturated rings. The summed E-state index contributed by atoms with van der Waals surface area (Å²) in [6, 6.07) is 0. The van der Waals surface area contributed by atoms with Crippen molar-refractivity contribution in [3.63, 3.8) is 0 Å². The fourth-order valence-electron chi connectivity index (χ4n) is 1.51. The Morgan fingerprint density at radius 1 is 1.44 bits per heavy atom. The zero-order valence-corrected chi connectivity index (χ0v) is 13.4. The van der Waals surface area contributed by atoms with Crippen molar-refractivity contribution in [3.8, 4) is 0 Å². The van der Waals surface area contributed by atoms with Crippen molar-refractivity contribution in [1.29, 1.82) is 0 Å². The van der Waals surface area contributed by atoms with E-state index in [0.29, 0.717) is 5.92 Å². The molecule has 0 radical (unpaired) electrons. The van der Waals surface area contributed by atoms with Crippen molar-refractivity contribution in [2.24, 2.45) is 5.92 Å². The summed E-state index contributed by atoms with van der Waals surface area (Å²) in [4.78, 5) is 8.12. The van der Waals surface area contributed by atoms with Crippen LogP contribution in [0.3, 0.4) is 0 Å². The van der Waals surface area contributed by atoms with Crippen LogP contribution in [-0.2, 0) is 6.54 Å². The molecular weight excluding hydrogens is 242 g/mol. The average molecular weight is 269 g/mol. The Bertz CT molecular complexity index is 358. The molecule has 0 atom stereocenters. The van der Waals surface area contributed by atoms with Crippen molar-refractivity contribution in [2.45, 2.75) is 53.1 Å². The lowest BCUT2D eigenvalue weighted by molar-refractivity contribution is 0.470. The quantitative estimate of drug-likeness (QED) is 0.821. The molecule has 1 heterocycles. The van der Waals surface area contributed by atoms with Crippen molar-refractivity contribution >= 4 is 16.5 Å². The zero-order chi connectivity index (χ0) is 13.8. The number of thiazole rings is 1. The van der Waals surface area contributed by atoms with E-state index in [1.807, 2.05) is 6.20 Å². The molecule has 0 saturated heterocycles. The van der Waals surface area contributed by atoms with E-state index >= 15 is 0 Å². The molecule has 4 heteroatoms. The lowest BCUT2D eigenvalue weighted by Gasteiger charge is -2.34. The van der Waals surface area contributed by atoms with Gasteiger partial charge in [-0.2, -0.15) is 0 Å². The Morgan fingerprint density at radius 2 is 2.11 bits per heavy atom. The Kier molecular flexibility index (Phi) is 5.60. The van der Waals surface area contributed by atoms with Crippen LogP contribution in [0.1, 0.15) is 45.9 Å². The number of nitrogens with zero attached hydrogens (tertiary/aromatic N) is 2. The molecule has 0 bridgehead atoms. The third-order valence-corrected chi connectivity index (χ3v) is 4.53. The predicted octanol–water partition coefficient (Wildman–Crippen LogP) is 3.51. The third kappa shape index (κ3) is 4.25. The van der Waals surface area contributed by atoms with E-state index in [1.165, 1.54) is 4.88 Å².